The van der Waals surface area contributed by atoms with E-state index >= 15 is 0 Å². The van der Waals surface area contributed by atoms with E-state index in [9.17, 15) is 4.79 Å². The van der Waals surface area contributed by atoms with E-state index in [1.165, 1.54) is 0 Å². The van der Waals surface area contributed by atoms with E-state index in [-0.39, 0.29) is 17.5 Å². The van der Waals surface area contributed by atoms with E-state index in [2.05, 4.69) is 29.0 Å². The van der Waals surface area contributed by atoms with Crippen LogP contribution < -0.4 is 11.1 Å². The van der Waals surface area contributed by atoms with Gasteiger partial charge in [0.2, 0.25) is 5.91 Å². The molecular weight excluding hydrogens is 268 g/mol. The molecule has 0 aromatic heterocycles. The second kappa shape index (κ2) is 8.68. The Morgan fingerprint density at radius 1 is 1.33 bits per heavy atom. The summed E-state index contributed by atoms with van der Waals surface area (Å²) in [7, 11) is 1.67. The van der Waals surface area contributed by atoms with Gasteiger partial charge in [-0.05, 0) is 27.2 Å². The first kappa shape index (κ1) is 18.4. The van der Waals surface area contributed by atoms with Gasteiger partial charge in [0.25, 0.3) is 0 Å². The van der Waals surface area contributed by atoms with Gasteiger partial charge in [-0.2, -0.15) is 0 Å². The second-order valence-corrected chi connectivity index (χ2v) is 6.35. The van der Waals surface area contributed by atoms with Crippen LogP contribution in [-0.4, -0.2) is 80.3 Å². The van der Waals surface area contributed by atoms with Crippen molar-refractivity contribution in [2.24, 2.45) is 5.73 Å². The van der Waals surface area contributed by atoms with Crippen molar-refractivity contribution in [2.75, 3.05) is 53.0 Å². The fourth-order valence-corrected chi connectivity index (χ4v) is 2.59. The van der Waals surface area contributed by atoms with Gasteiger partial charge in [-0.15, -0.1) is 0 Å². The lowest BCUT2D eigenvalue weighted by molar-refractivity contribution is -0.126. The number of ether oxygens (including phenoxy) is 1. The highest BCUT2D eigenvalue weighted by molar-refractivity contribution is 5.81. The highest BCUT2D eigenvalue weighted by Gasteiger charge is 2.31. The number of hydrogen-bond donors (Lipinski definition) is 2. The fraction of sp³-hybridized carbons (Fsp3) is 0.933. The SMILES string of the molecule is COCCCNC(=O)C(C)N1CCN(C(C)(C)CN)CC1. The van der Waals surface area contributed by atoms with Crippen molar-refractivity contribution in [3.63, 3.8) is 0 Å². The maximum absolute atomic E-state index is 12.1. The Morgan fingerprint density at radius 2 is 1.95 bits per heavy atom. The van der Waals surface area contributed by atoms with Crippen molar-refractivity contribution in [2.45, 2.75) is 38.8 Å². The van der Waals surface area contributed by atoms with Crippen LogP contribution in [0.4, 0.5) is 0 Å². The third kappa shape index (κ3) is 5.54. The number of nitrogens with zero attached hydrogens (tertiary/aromatic N) is 2. The van der Waals surface area contributed by atoms with Gasteiger partial charge in [-0.3, -0.25) is 14.6 Å². The fourth-order valence-electron chi connectivity index (χ4n) is 2.59. The van der Waals surface area contributed by atoms with Gasteiger partial charge in [0, 0.05) is 58.5 Å². The molecular formula is C15H32N4O2. The first-order valence-electron chi connectivity index (χ1n) is 7.88. The summed E-state index contributed by atoms with van der Waals surface area (Å²) in [4.78, 5) is 16.8. The van der Waals surface area contributed by atoms with E-state index in [1.54, 1.807) is 7.11 Å². The third-order valence-corrected chi connectivity index (χ3v) is 4.42. The van der Waals surface area contributed by atoms with E-state index in [0.717, 1.165) is 32.6 Å². The van der Waals surface area contributed by atoms with Crippen molar-refractivity contribution in [3.8, 4) is 0 Å². The van der Waals surface area contributed by atoms with Crippen LogP contribution in [0, 0.1) is 0 Å². The average Bonchev–Trinajstić information content (AvgIpc) is 2.50. The summed E-state index contributed by atoms with van der Waals surface area (Å²) in [5.74, 6) is 0.109. The molecule has 1 heterocycles. The molecule has 1 unspecified atom stereocenters. The number of hydrogen-bond acceptors (Lipinski definition) is 5. The number of nitrogens with two attached hydrogens (primary N) is 1. The predicted molar refractivity (Wildman–Crippen MR) is 85.2 cm³/mol. The van der Waals surface area contributed by atoms with Gasteiger partial charge in [-0.1, -0.05) is 0 Å². The molecule has 0 radical (unpaired) electrons. The number of carbonyl (C=O) groups is 1. The lowest BCUT2D eigenvalue weighted by Gasteiger charge is -2.44. The molecule has 21 heavy (non-hydrogen) atoms. The third-order valence-electron chi connectivity index (χ3n) is 4.42. The van der Waals surface area contributed by atoms with Gasteiger partial charge in [0.05, 0.1) is 6.04 Å². The van der Waals surface area contributed by atoms with Crippen molar-refractivity contribution in [3.05, 3.63) is 0 Å². The Bertz CT molecular complexity index is 315. The zero-order valence-electron chi connectivity index (χ0n) is 14.0. The number of amides is 1. The molecule has 1 aliphatic heterocycles. The monoisotopic (exact) mass is 300 g/mol. The van der Waals surface area contributed by atoms with E-state index in [4.69, 9.17) is 10.5 Å². The number of nitrogens with one attached hydrogen (secondary N) is 1. The van der Waals surface area contributed by atoms with Crippen molar-refractivity contribution >= 4 is 5.91 Å². The molecule has 0 saturated carbocycles. The Hall–Kier alpha value is -0.690. The minimum atomic E-state index is -0.0734. The van der Waals surface area contributed by atoms with Crippen LogP contribution in [0.15, 0.2) is 0 Å². The normalized spacial score (nSPS) is 19.5. The molecule has 0 aromatic rings. The minimum absolute atomic E-state index is 0.0394. The van der Waals surface area contributed by atoms with Crippen molar-refractivity contribution in [1.82, 2.24) is 15.1 Å². The quantitative estimate of drug-likeness (QED) is 0.612. The standard InChI is InChI=1S/C15H32N4O2/c1-13(14(20)17-6-5-11-21-4)18-7-9-19(10-8-18)15(2,3)12-16/h13H,5-12,16H2,1-4H3,(H,17,20). The van der Waals surface area contributed by atoms with E-state index in [0.29, 0.717) is 19.7 Å². The van der Waals surface area contributed by atoms with Crippen LogP contribution in [0.1, 0.15) is 27.2 Å². The van der Waals surface area contributed by atoms with Crippen LogP contribution in [0.3, 0.4) is 0 Å². The Balaban J connectivity index is 2.34. The summed E-state index contributed by atoms with van der Waals surface area (Å²) >= 11 is 0. The molecule has 6 heteroatoms. The molecule has 1 amide bonds. The second-order valence-electron chi connectivity index (χ2n) is 6.35. The van der Waals surface area contributed by atoms with Gasteiger partial charge in [0.1, 0.15) is 0 Å². The molecule has 1 rings (SSSR count). The largest absolute Gasteiger partial charge is 0.385 e. The van der Waals surface area contributed by atoms with Gasteiger partial charge in [-0.25, -0.2) is 0 Å². The van der Waals surface area contributed by atoms with Crippen LogP contribution in [0.25, 0.3) is 0 Å². The van der Waals surface area contributed by atoms with Crippen molar-refractivity contribution < 1.29 is 9.53 Å². The minimum Gasteiger partial charge on any atom is -0.385 e. The number of piperazine rings is 1. The zero-order valence-corrected chi connectivity index (χ0v) is 14.0. The first-order valence-corrected chi connectivity index (χ1v) is 7.88. The summed E-state index contributed by atoms with van der Waals surface area (Å²) in [6.07, 6.45) is 0.855. The molecule has 1 atom stereocenters. The highest BCUT2D eigenvalue weighted by atomic mass is 16.5. The van der Waals surface area contributed by atoms with Crippen LogP contribution >= 0.6 is 0 Å². The molecule has 3 N–H and O–H groups in total. The molecule has 6 nitrogen and oxygen atoms in total. The van der Waals surface area contributed by atoms with E-state index < -0.39 is 0 Å². The topological polar surface area (TPSA) is 70.8 Å². The molecule has 1 aliphatic rings. The molecule has 0 aliphatic carbocycles. The number of methoxy groups -OCH3 is 1. The summed E-state index contributed by atoms with van der Waals surface area (Å²) in [6, 6.07) is -0.0734. The van der Waals surface area contributed by atoms with Gasteiger partial charge >= 0.3 is 0 Å². The van der Waals surface area contributed by atoms with E-state index in [1.807, 2.05) is 6.92 Å². The molecule has 0 spiro atoms. The molecule has 0 bridgehead atoms. The summed E-state index contributed by atoms with van der Waals surface area (Å²) in [6.45, 7) is 12.1. The Kier molecular flexibility index (Phi) is 7.59. The maximum Gasteiger partial charge on any atom is 0.237 e. The van der Waals surface area contributed by atoms with Crippen molar-refractivity contribution in [1.29, 1.82) is 0 Å². The smallest absolute Gasteiger partial charge is 0.237 e. The average molecular weight is 300 g/mol. The van der Waals surface area contributed by atoms with Crippen LogP contribution in [0.5, 0.6) is 0 Å². The summed E-state index contributed by atoms with van der Waals surface area (Å²) in [5.41, 5.74) is 5.87. The number of rotatable bonds is 8. The lowest BCUT2D eigenvalue weighted by atomic mass is 10.0. The van der Waals surface area contributed by atoms with Crippen LogP contribution in [-0.2, 0) is 9.53 Å². The van der Waals surface area contributed by atoms with Gasteiger partial charge in [0.15, 0.2) is 0 Å². The molecule has 124 valence electrons. The summed E-state index contributed by atoms with van der Waals surface area (Å²) < 4.78 is 4.98. The number of carbonyl (C=O) groups excluding carboxylic acids is 1. The Morgan fingerprint density at radius 3 is 2.48 bits per heavy atom. The van der Waals surface area contributed by atoms with Gasteiger partial charge < -0.3 is 15.8 Å². The first-order chi connectivity index (χ1) is 9.92. The maximum atomic E-state index is 12.1. The summed E-state index contributed by atoms with van der Waals surface area (Å²) in [5, 5.41) is 2.97. The molecule has 0 aromatic carbocycles. The predicted octanol–water partition coefficient (Wildman–Crippen LogP) is -0.117. The Labute approximate surface area is 129 Å². The zero-order chi connectivity index (χ0) is 15.9. The highest BCUT2D eigenvalue weighted by Crippen LogP contribution is 2.16. The lowest BCUT2D eigenvalue weighted by Crippen LogP contribution is -2.60. The van der Waals surface area contributed by atoms with Crippen LogP contribution in [0.2, 0.25) is 0 Å². The molecule has 1 saturated heterocycles. The molecule has 1 fully saturated rings.